The molecular formula is C26H21BrO8. The Balaban J connectivity index is 2.38. The minimum Gasteiger partial charge on any atom is -0.393 e. The van der Waals surface area contributed by atoms with E-state index >= 15 is 0 Å². The molecule has 0 aliphatic rings. The Morgan fingerprint density at radius 1 is 0.600 bits per heavy atom. The summed E-state index contributed by atoms with van der Waals surface area (Å²) in [5, 5.41) is 45.2. The third-order valence-electron chi connectivity index (χ3n) is 5.78. The summed E-state index contributed by atoms with van der Waals surface area (Å²) >= 11 is 2.47. The van der Waals surface area contributed by atoms with Crippen LogP contribution in [0.2, 0.25) is 0 Å². The Morgan fingerprint density at radius 2 is 0.943 bits per heavy atom. The van der Waals surface area contributed by atoms with Crippen LogP contribution >= 0.6 is 15.9 Å². The quantitative estimate of drug-likeness (QED) is 0.172. The van der Waals surface area contributed by atoms with E-state index in [1.54, 1.807) is 6.07 Å². The van der Waals surface area contributed by atoms with Crippen LogP contribution in [0.4, 0.5) is 0 Å². The zero-order chi connectivity index (χ0) is 25.9. The van der Waals surface area contributed by atoms with E-state index in [0.717, 1.165) is 0 Å². The Hall–Kier alpha value is -3.34. The summed E-state index contributed by atoms with van der Waals surface area (Å²) in [5.74, 6) is -4.43. The van der Waals surface area contributed by atoms with Crippen LogP contribution in [-0.4, -0.2) is 65.9 Å². The van der Waals surface area contributed by atoms with Crippen molar-refractivity contribution in [1.82, 2.24) is 0 Å². The van der Waals surface area contributed by atoms with Gasteiger partial charge in [0.05, 0.1) is 6.61 Å². The SMILES string of the molecule is O=C(Br)[C@@](O)(C(=O)c1ccccc1)[C@@](O)(C(=O)c1ccccc1)[C@](O)(CO)C(=O)c1ccccc1. The van der Waals surface area contributed by atoms with Crippen LogP contribution in [0.5, 0.6) is 0 Å². The molecule has 0 spiro atoms. The average Bonchev–Trinajstić information content (AvgIpc) is 2.91. The van der Waals surface area contributed by atoms with Crippen molar-refractivity contribution in [3.05, 3.63) is 108 Å². The van der Waals surface area contributed by atoms with Gasteiger partial charge in [0.1, 0.15) is 0 Å². The molecule has 0 aromatic heterocycles. The molecule has 9 heteroatoms. The number of carbonyl (C=O) groups is 4. The van der Waals surface area contributed by atoms with Gasteiger partial charge < -0.3 is 20.4 Å². The van der Waals surface area contributed by atoms with Crippen LogP contribution in [0, 0.1) is 0 Å². The largest absolute Gasteiger partial charge is 0.393 e. The average molecular weight is 541 g/mol. The summed E-state index contributed by atoms with van der Waals surface area (Å²) in [6.45, 7) is -1.62. The molecule has 0 aliphatic heterocycles. The van der Waals surface area contributed by atoms with Crippen LogP contribution in [-0.2, 0) is 4.79 Å². The minimum absolute atomic E-state index is 0.264. The van der Waals surface area contributed by atoms with Crippen LogP contribution in [0.1, 0.15) is 31.1 Å². The number of aliphatic hydroxyl groups is 4. The van der Waals surface area contributed by atoms with E-state index in [4.69, 9.17) is 0 Å². The standard InChI is InChI=1S/C26H21BrO8/c27-23(32)25(34,21(30)18-12-6-2-7-13-18)26(35,22(31)19-14-8-3-9-15-19)24(33,16-28)20(29)17-10-4-1-5-11-17/h1-15,28,33-35H,16H2/t24-,25-,26+/m0/s1. The molecule has 3 atom stereocenters. The lowest BCUT2D eigenvalue weighted by molar-refractivity contribution is -0.189. The Kier molecular flexibility index (Phi) is 7.59. The summed E-state index contributed by atoms with van der Waals surface area (Å²) in [6.07, 6.45) is 0. The Labute approximate surface area is 208 Å². The van der Waals surface area contributed by atoms with Crippen molar-refractivity contribution in [2.75, 3.05) is 6.61 Å². The second-order valence-electron chi connectivity index (χ2n) is 7.80. The molecule has 0 amide bonds. The van der Waals surface area contributed by atoms with Crippen molar-refractivity contribution in [3.8, 4) is 0 Å². The fourth-order valence-electron chi connectivity index (χ4n) is 3.82. The van der Waals surface area contributed by atoms with Crippen LogP contribution < -0.4 is 0 Å². The van der Waals surface area contributed by atoms with Gasteiger partial charge in [0.2, 0.25) is 27.5 Å². The van der Waals surface area contributed by atoms with Crippen LogP contribution in [0.15, 0.2) is 91.0 Å². The monoisotopic (exact) mass is 540 g/mol. The number of Topliss-reactive ketones (excluding diaryl/α,β-unsaturated/α-hetero) is 3. The summed E-state index contributed by atoms with van der Waals surface area (Å²) < 4.78 is -1.61. The molecule has 0 saturated heterocycles. The molecule has 3 aromatic carbocycles. The van der Waals surface area contributed by atoms with Gasteiger partial charge >= 0.3 is 0 Å². The van der Waals surface area contributed by atoms with Gasteiger partial charge in [0, 0.05) is 16.7 Å². The van der Waals surface area contributed by atoms with Crippen LogP contribution in [0.25, 0.3) is 0 Å². The molecule has 3 rings (SSSR count). The first-order valence-corrected chi connectivity index (χ1v) is 11.1. The molecule has 0 aliphatic carbocycles. The summed E-state index contributed by atoms with van der Waals surface area (Å²) in [5.41, 5.74) is -12.1. The molecule has 0 saturated carbocycles. The minimum atomic E-state index is -3.88. The maximum absolute atomic E-state index is 13.7. The fraction of sp³-hybridized carbons (Fsp3) is 0.154. The second-order valence-corrected chi connectivity index (χ2v) is 8.52. The van der Waals surface area contributed by atoms with Gasteiger partial charge in [-0.25, -0.2) is 0 Å². The number of hydrogen-bond acceptors (Lipinski definition) is 8. The van der Waals surface area contributed by atoms with Crippen molar-refractivity contribution in [2.24, 2.45) is 0 Å². The zero-order valence-electron chi connectivity index (χ0n) is 18.2. The summed E-state index contributed by atoms with van der Waals surface area (Å²) in [6, 6.07) is 20.3. The maximum Gasteiger partial charge on any atom is 0.241 e. The van der Waals surface area contributed by atoms with Crippen molar-refractivity contribution in [1.29, 1.82) is 0 Å². The highest BCUT2D eigenvalue weighted by Crippen LogP contribution is 2.42. The predicted molar refractivity (Wildman–Crippen MR) is 128 cm³/mol. The number of rotatable bonds is 10. The van der Waals surface area contributed by atoms with E-state index < -0.39 is 45.5 Å². The lowest BCUT2D eigenvalue weighted by Gasteiger charge is -2.47. The molecule has 0 heterocycles. The summed E-state index contributed by atoms with van der Waals surface area (Å²) in [4.78, 5) is 53.5. The molecule has 8 nitrogen and oxygen atoms in total. The topological polar surface area (TPSA) is 149 Å². The Bertz CT molecular complexity index is 1250. The highest BCUT2D eigenvalue weighted by atomic mass is 79.9. The number of halogens is 1. The van der Waals surface area contributed by atoms with Gasteiger partial charge in [0.15, 0.2) is 11.4 Å². The smallest absolute Gasteiger partial charge is 0.241 e. The van der Waals surface area contributed by atoms with Gasteiger partial charge in [0.25, 0.3) is 0 Å². The number of carbonyl (C=O) groups excluding carboxylic acids is 4. The van der Waals surface area contributed by atoms with Crippen molar-refractivity contribution in [2.45, 2.75) is 16.8 Å². The van der Waals surface area contributed by atoms with Crippen LogP contribution in [0.3, 0.4) is 0 Å². The van der Waals surface area contributed by atoms with E-state index in [2.05, 4.69) is 15.9 Å². The maximum atomic E-state index is 13.7. The first kappa shape index (κ1) is 26.3. The fourth-order valence-corrected chi connectivity index (χ4v) is 4.29. The lowest BCUT2D eigenvalue weighted by atomic mass is 9.63. The first-order valence-electron chi connectivity index (χ1n) is 10.3. The second kappa shape index (κ2) is 10.1. The van der Waals surface area contributed by atoms with E-state index in [1.165, 1.54) is 84.9 Å². The normalized spacial score (nSPS) is 16.3. The van der Waals surface area contributed by atoms with Gasteiger partial charge in [-0.05, 0) is 15.9 Å². The Morgan fingerprint density at radius 3 is 1.29 bits per heavy atom. The molecule has 35 heavy (non-hydrogen) atoms. The van der Waals surface area contributed by atoms with E-state index in [0.29, 0.717) is 0 Å². The number of ketones is 3. The molecule has 4 N–H and O–H groups in total. The number of aliphatic hydroxyl groups excluding tert-OH is 1. The highest BCUT2D eigenvalue weighted by Gasteiger charge is 2.74. The molecular weight excluding hydrogens is 520 g/mol. The molecule has 0 fully saturated rings. The van der Waals surface area contributed by atoms with E-state index in [9.17, 15) is 39.6 Å². The molecule has 180 valence electrons. The first-order chi connectivity index (χ1) is 16.6. The molecule has 3 aromatic rings. The van der Waals surface area contributed by atoms with Crippen molar-refractivity contribution in [3.63, 3.8) is 0 Å². The van der Waals surface area contributed by atoms with Crippen molar-refractivity contribution >= 4 is 38.0 Å². The lowest BCUT2D eigenvalue weighted by Crippen LogP contribution is -2.79. The van der Waals surface area contributed by atoms with E-state index in [-0.39, 0.29) is 16.7 Å². The van der Waals surface area contributed by atoms with Gasteiger partial charge in [-0.1, -0.05) is 91.0 Å². The van der Waals surface area contributed by atoms with Crippen molar-refractivity contribution < 1.29 is 39.6 Å². The predicted octanol–water partition coefficient (Wildman–Crippen LogP) is 1.74. The van der Waals surface area contributed by atoms with Gasteiger partial charge in [-0.2, -0.15) is 0 Å². The third-order valence-corrected chi connectivity index (χ3v) is 6.35. The number of hydrogen-bond donors (Lipinski definition) is 4. The molecule has 0 unspecified atom stereocenters. The summed E-state index contributed by atoms with van der Waals surface area (Å²) in [7, 11) is 0. The highest BCUT2D eigenvalue weighted by molar-refractivity contribution is 9.18. The van der Waals surface area contributed by atoms with Gasteiger partial charge in [-0.15, -0.1) is 0 Å². The molecule has 0 radical (unpaired) electrons. The number of benzene rings is 3. The zero-order valence-corrected chi connectivity index (χ0v) is 19.8. The van der Waals surface area contributed by atoms with Gasteiger partial charge in [-0.3, -0.25) is 19.2 Å². The third kappa shape index (κ3) is 4.18. The van der Waals surface area contributed by atoms with E-state index in [1.807, 2.05) is 0 Å². The molecule has 0 bridgehead atoms.